The highest BCUT2D eigenvalue weighted by atomic mass is 15.1. The summed E-state index contributed by atoms with van der Waals surface area (Å²) in [7, 11) is 0. The van der Waals surface area contributed by atoms with Gasteiger partial charge in [-0.05, 0) is 113 Å². The molecular weight excluding hydrogens is 747 g/mol. The molecule has 0 amide bonds. The third-order valence-electron chi connectivity index (χ3n) is 13.0. The Morgan fingerprint density at radius 1 is 0.355 bits per heavy atom. The number of para-hydroxylation sites is 1. The van der Waals surface area contributed by atoms with Gasteiger partial charge in [0.2, 0.25) is 0 Å². The molecule has 1 aliphatic rings. The fourth-order valence-corrected chi connectivity index (χ4v) is 9.93. The van der Waals surface area contributed by atoms with Crippen molar-refractivity contribution < 1.29 is 0 Å². The lowest BCUT2D eigenvalue weighted by Crippen LogP contribution is -2.28. The molecule has 0 atom stereocenters. The van der Waals surface area contributed by atoms with Gasteiger partial charge in [-0.3, -0.25) is 0 Å². The summed E-state index contributed by atoms with van der Waals surface area (Å²) in [5.41, 5.74) is 17.9. The van der Waals surface area contributed by atoms with Crippen molar-refractivity contribution in [2.45, 2.75) is 57.8 Å². The molecule has 1 heteroatoms. The zero-order valence-corrected chi connectivity index (χ0v) is 36.7. The smallest absolute Gasteiger partial charge is 0.0714 e. The van der Waals surface area contributed by atoms with E-state index in [2.05, 4.69) is 259 Å². The van der Waals surface area contributed by atoms with E-state index in [0.717, 1.165) is 17.1 Å². The third kappa shape index (κ3) is 6.55. The van der Waals surface area contributed by atoms with Gasteiger partial charge in [-0.1, -0.05) is 224 Å². The van der Waals surface area contributed by atoms with E-state index in [1.807, 2.05) is 0 Å². The summed E-state index contributed by atoms with van der Waals surface area (Å²) < 4.78 is 0. The van der Waals surface area contributed by atoms with Crippen LogP contribution in [0.4, 0.5) is 17.1 Å². The van der Waals surface area contributed by atoms with Gasteiger partial charge in [0.25, 0.3) is 0 Å². The molecular formula is C61H53N. The van der Waals surface area contributed by atoms with Crippen molar-refractivity contribution in [2.24, 2.45) is 0 Å². The summed E-state index contributed by atoms with van der Waals surface area (Å²) in [5, 5.41) is 2.48. The SMILES string of the molecule is CC(C)(C)c1cc(N(c2ccc3c(c2)C(c2ccccc2)(c2ccccc2)c2ccccc2-3)c2ccccc2-c2cccc3cccc(-c4ccccc4)c23)cc(C(C)(C)C)c1. The largest absolute Gasteiger partial charge is 0.310 e. The molecule has 9 aromatic carbocycles. The predicted molar refractivity (Wildman–Crippen MR) is 264 cm³/mol. The zero-order valence-electron chi connectivity index (χ0n) is 36.7. The average molecular weight is 800 g/mol. The van der Waals surface area contributed by atoms with Gasteiger partial charge in [-0.25, -0.2) is 0 Å². The Bertz CT molecular complexity index is 3000. The molecule has 0 bridgehead atoms. The van der Waals surface area contributed by atoms with E-state index >= 15 is 0 Å². The van der Waals surface area contributed by atoms with Crippen LogP contribution >= 0.6 is 0 Å². The number of rotatable bonds is 7. The fourth-order valence-electron chi connectivity index (χ4n) is 9.93. The minimum atomic E-state index is -0.528. The van der Waals surface area contributed by atoms with Crippen LogP contribution in [0.15, 0.2) is 212 Å². The van der Waals surface area contributed by atoms with Crippen molar-refractivity contribution >= 4 is 27.8 Å². The van der Waals surface area contributed by atoms with Crippen molar-refractivity contribution in [3.8, 4) is 33.4 Å². The Morgan fingerprint density at radius 2 is 0.855 bits per heavy atom. The fraction of sp³-hybridized carbons (Fsp3) is 0.148. The Balaban J connectivity index is 1.30. The van der Waals surface area contributed by atoms with Crippen LogP contribution in [-0.2, 0) is 16.2 Å². The highest BCUT2D eigenvalue weighted by molar-refractivity contribution is 6.09. The first-order chi connectivity index (χ1) is 30.0. The molecule has 0 saturated heterocycles. The van der Waals surface area contributed by atoms with Crippen LogP contribution < -0.4 is 4.90 Å². The van der Waals surface area contributed by atoms with Crippen LogP contribution in [0.2, 0.25) is 0 Å². The van der Waals surface area contributed by atoms with Crippen LogP contribution in [0.5, 0.6) is 0 Å². The van der Waals surface area contributed by atoms with Gasteiger partial charge in [0.05, 0.1) is 11.1 Å². The first kappa shape index (κ1) is 39.2. The summed E-state index contributed by atoms with van der Waals surface area (Å²) in [4.78, 5) is 2.55. The summed E-state index contributed by atoms with van der Waals surface area (Å²) >= 11 is 0. The van der Waals surface area contributed by atoms with Gasteiger partial charge >= 0.3 is 0 Å². The molecule has 1 aliphatic carbocycles. The minimum Gasteiger partial charge on any atom is -0.310 e. The van der Waals surface area contributed by atoms with E-state index in [4.69, 9.17) is 0 Å². The highest BCUT2D eigenvalue weighted by Crippen LogP contribution is 2.58. The monoisotopic (exact) mass is 799 g/mol. The topological polar surface area (TPSA) is 3.24 Å². The van der Waals surface area contributed by atoms with E-state index in [1.54, 1.807) is 0 Å². The molecule has 62 heavy (non-hydrogen) atoms. The molecule has 0 N–H and O–H groups in total. The Hall–Kier alpha value is -6.96. The summed E-state index contributed by atoms with van der Waals surface area (Å²) in [6, 6.07) is 79.2. The quantitative estimate of drug-likeness (QED) is 0.155. The number of hydrogen-bond acceptors (Lipinski definition) is 1. The van der Waals surface area contributed by atoms with Crippen molar-refractivity contribution in [3.63, 3.8) is 0 Å². The van der Waals surface area contributed by atoms with Crippen LogP contribution in [0.1, 0.15) is 74.9 Å². The van der Waals surface area contributed by atoms with E-state index in [0.29, 0.717) is 0 Å². The molecule has 0 saturated carbocycles. The van der Waals surface area contributed by atoms with Gasteiger partial charge in [0, 0.05) is 16.9 Å². The van der Waals surface area contributed by atoms with Crippen molar-refractivity contribution in [1.29, 1.82) is 0 Å². The number of benzene rings is 9. The second-order valence-electron chi connectivity index (χ2n) is 19.0. The Kier molecular flexibility index (Phi) is 9.60. The Morgan fingerprint density at radius 3 is 1.47 bits per heavy atom. The van der Waals surface area contributed by atoms with E-state index < -0.39 is 5.41 Å². The van der Waals surface area contributed by atoms with E-state index in [1.165, 1.54) is 77.5 Å². The standard InChI is InChI=1S/C61H53N/c1-59(2,3)46-38-47(60(4,5)6)40-49(39-46)62(57-35-19-17-31-53(57)54-33-21-25-43-24-20-32-50(58(43)54)42-22-10-7-11-23-42)48-36-37-52-51-30-16-18-34-55(51)61(56(52)41-48,44-26-12-8-13-27-44)45-28-14-9-15-29-45/h7-41H,1-6H3. The summed E-state index contributed by atoms with van der Waals surface area (Å²) in [5.74, 6) is 0. The van der Waals surface area contributed by atoms with Gasteiger partial charge in [0.1, 0.15) is 0 Å². The molecule has 302 valence electrons. The van der Waals surface area contributed by atoms with Crippen LogP contribution in [0, 0.1) is 0 Å². The normalized spacial score (nSPS) is 13.1. The van der Waals surface area contributed by atoms with Gasteiger partial charge in [0.15, 0.2) is 0 Å². The van der Waals surface area contributed by atoms with Crippen LogP contribution in [0.3, 0.4) is 0 Å². The zero-order chi connectivity index (χ0) is 42.6. The molecule has 0 heterocycles. The van der Waals surface area contributed by atoms with Crippen LogP contribution in [-0.4, -0.2) is 0 Å². The van der Waals surface area contributed by atoms with E-state index in [-0.39, 0.29) is 10.8 Å². The highest BCUT2D eigenvalue weighted by Gasteiger charge is 2.46. The lowest BCUT2D eigenvalue weighted by atomic mass is 9.67. The second-order valence-corrected chi connectivity index (χ2v) is 19.0. The van der Waals surface area contributed by atoms with Gasteiger partial charge < -0.3 is 4.90 Å². The molecule has 0 spiro atoms. The minimum absolute atomic E-state index is 0.0727. The maximum Gasteiger partial charge on any atom is 0.0714 e. The molecule has 0 radical (unpaired) electrons. The third-order valence-corrected chi connectivity index (χ3v) is 13.0. The molecule has 0 fully saturated rings. The average Bonchev–Trinajstić information content (AvgIpc) is 3.59. The van der Waals surface area contributed by atoms with Crippen molar-refractivity contribution in [2.75, 3.05) is 4.90 Å². The first-order valence-electron chi connectivity index (χ1n) is 22.0. The molecule has 9 aromatic rings. The molecule has 10 rings (SSSR count). The van der Waals surface area contributed by atoms with E-state index in [9.17, 15) is 0 Å². The number of fused-ring (bicyclic) bond motifs is 4. The molecule has 0 aliphatic heterocycles. The predicted octanol–water partition coefficient (Wildman–Crippen LogP) is 16.6. The number of nitrogens with zero attached hydrogens (tertiary/aromatic N) is 1. The number of anilines is 3. The Labute approximate surface area is 368 Å². The first-order valence-corrected chi connectivity index (χ1v) is 22.0. The van der Waals surface area contributed by atoms with Crippen molar-refractivity contribution in [1.82, 2.24) is 0 Å². The number of hydrogen-bond donors (Lipinski definition) is 0. The summed E-state index contributed by atoms with van der Waals surface area (Å²) in [6.07, 6.45) is 0. The molecule has 0 aromatic heterocycles. The second kappa shape index (κ2) is 15.2. The maximum atomic E-state index is 2.55. The lowest BCUT2D eigenvalue weighted by Gasteiger charge is -2.35. The van der Waals surface area contributed by atoms with Gasteiger partial charge in [-0.15, -0.1) is 0 Å². The molecule has 1 nitrogen and oxygen atoms in total. The lowest BCUT2D eigenvalue weighted by molar-refractivity contribution is 0.569. The van der Waals surface area contributed by atoms with Crippen LogP contribution in [0.25, 0.3) is 44.2 Å². The van der Waals surface area contributed by atoms with Gasteiger partial charge in [-0.2, -0.15) is 0 Å². The molecule has 0 unspecified atom stereocenters. The maximum absolute atomic E-state index is 2.55. The van der Waals surface area contributed by atoms with Crippen molar-refractivity contribution in [3.05, 3.63) is 246 Å². The summed E-state index contributed by atoms with van der Waals surface area (Å²) in [6.45, 7) is 14.0.